The Balaban J connectivity index is 1.67. The van der Waals surface area contributed by atoms with E-state index in [-0.39, 0.29) is 39.2 Å². The first-order valence-corrected chi connectivity index (χ1v) is 12.2. The van der Waals surface area contributed by atoms with Gasteiger partial charge in [-0.3, -0.25) is 9.69 Å². The third-order valence-corrected chi connectivity index (χ3v) is 7.07. The number of carbonyl (C=O) groups excluding carboxylic acids is 1. The van der Waals surface area contributed by atoms with Crippen molar-refractivity contribution in [3.63, 3.8) is 0 Å². The van der Waals surface area contributed by atoms with E-state index in [9.17, 15) is 23.8 Å². The fourth-order valence-electron chi connectivity index (χ4n) is 4.06. The van der Waals surface area contributed by atoms with Crippen LogP contribution in [0.2, 0.25) is 0 Å². The molecule has 1 aliphatic heterocycles. The average molecular weight is 519 g/mol. The number of aliphatic hydroxyl groups excluding tert-OH is 1. The van der Waals surface area contributed by atoms with Gasteiger partial charge in [-0.15, -0.1) is 11.3 Å². The number of morpholine rings is 1. The number of rotatable bonds is 8. The Morgan fingerprint density at radius 1 is 1.25 bits per heavy atom. The molecule has 5 N–H and O–H groups in total. The van der Waals surface area contributed by atoms with Crippen molar-refractivity contribution in [3.05, 3.63) is 64.9 Å². The second kappa shape index (κ2) is 10.6. The van der Waals surface area contributed by atoms with Gasteiger partial charge in [0.05, 0.1) is 48.3 Å². The van der Waals surface area contributed by atoms with E-state index in [0.29, 0.717) is 37.8 Å². The molecule has 0 radical (unpaired) electrons. The van der Waals surface area contributed by atoms with Crippen LogP contribution < -0.4 is 11.1 Å². The first kappa shape index (κ1) is 26.1. The van der Waals surface area contributed by atoms with Crippen LogP contribution in [0.4, 0.5) is 19.6 Å². The van der Waals surface area contributed by atoms with Crippen LogP contribution in [0.1, 0.15) is 41.5 Å². The number of anilines is 2. The molecule has 0 aliphatic carbocycles. The number of ether oxygens (including phenoxy) is 1. The summed E-state index contributed by atoms with van der Waals surface area (Å²) in [6, 6.07) is 8.38. The lowest BCUT2D eigenvalue weighted by Crippen LogP contribution is -2.40. The number of aromatic nitrogens is 1. The molecule has 0 bridgehead atoms. The van der Waals surface area contributed by atoms with Gasteiger partial charge < -0.3 is 26.0 Å². The molecule has 8 nitrogen and oxygen atoms in total. The highest BCUT2D eigenvalue weighted by Gasteiger charge is 2.26. The molecule has 0 spiro atoms. The van der Waals surface area contributed by atoms with Gasteiger partial charge in [0.2, 0.25) is 0 Å². The topological polar surface area (TPSA) is 121 Å². The number of aliphatic hydroxyl groups is 2. The maximum Gasteiger partial charge on any atom is 0.251 e. The molecule has 3 heterocycles. The maximum atomic E-state index is 14.9. The van der Waals surface area contributed by atoms with E-state index in [2.05, 4.69) is 15.2 Å². The second-order valence-electron chi connectivity index (χ2n) is 9.01. The van der Waals surface area contributed by atoms with E-state index in [1.54, 1.807) is 18.2 Å². The number of amides is 1. The van der Waals surface area contributed by atoms with Gasteiger partial charge >= 0.3 is 0 Å². The number of benzene rings is 1. The predicted molar refractivity (Wildman–Crippen MR) is 133 cm³/mol. The summed E-state index contributed by atoms with van der Waals surface area (Å²) in [6.07, 6.45) is 0. The van der Waals surface area contributed by atoms with E-state index in [4.69, 9.17) is 10.5 Å². The highest BCUT2D eigenvalue weighted by molar-refractivity contribution is 7.20. The predicted octanol–water partition coefficient (Wildman–Crippen LogP) is 3.52. The molecule has 36 heavy (non-hydrogen) atoms. The Hall–Kier alpha value is -2.96. The molecule has 1 fully saturated rings. The minimum atomic E-state index is -1.43. The molecule has 192 valence electrons. The molecule has 1 unspecified atom stereocenters. The smallest absolute Gasteiger partial charge is 0.251 e. The van der Waals surface area contributed by atoms with Crippen molar-refractivity contribution in [2.24, 2.45) is 5.73 Å². The molecule has 1 saturated heterocycles. The molecule has 4 rings (SSSR count). The quantitative estimate of drug-likeness (QED) is 0.360. The van der Waals surface area contributed by atoms with Crippen LogP contribution in [0.3, 0.4) is 0 Å². The van der Waals surface area contributed by atoms with Crippen molar-refractivity contribution in [1.29, 1.82) is 0 Å². The zero-order chi connectivity index (χ0) is 26.0. The van der Waals surface area contributed by atoms with Crippen molar-refractivity contribution >= 4 is 28.1 Å². The van der Waals surface area contributed by atoms with Gasteiger partial charge in [-0.1, -0.05) is 6.07 Å². The number of nitrogens with two attached hydrogens (primary N) is 1. The molecule has 1 aromatic carbocycles. The number of carbonyl (C=O) groups is 1. The molecule has 1 amide bonds. The molecule has 1 atom stereocenters. The van der Waals surface area contributed by atoms with E-state index in [1.165, 1.54) is 19.9 Å². The molecule has 0 saturated carbocycles. The van der Waals surface area contributed by atoms with Gasteiger partial charge in [0.1, 0.15) is 22.5 Å². The maximum absolute atomic E-state index is 14.9. The average Bonchev–Trinajstić information content (AvgIpc) is 3.23. The number of hydrogen-bond donors (Lipinski definition) is 4. The first-order chi connectivity index (χ1) is 17.1. The standard InChI is InChI=1S/C25H28F2N4O4S/c1-25(2,34)14-10-16(26)22(17(27)11-14)20-12-15(23(28)33)24(36-20)30-21-5-3-4-18(29-21)19(13-32)31-6-8-35-9-7-31/h3-5,10-12,19,32,34H,6-9,13H2,1-2H3,(H2,28,33)(H,29,30). The van der Waals surface area contributed by atoms with Gasteiger partial charge in [0.15, 0.2) is 0 Å². The molecule has 11 heteroatoms. The second-order valence-corrected chi connectivity index (χ2v) is 10.1. The Bertz CT molecular complexity index is 1230. The summed E-state index contributed by atoms with van der Waals surface area (Å²) < 4.78 is 35.2. The van der Waals surface area contributed by atoms with Gasteiger partial charge in [0, 0.05) is 18.0 Å². The van der Waals surface area contributed by atoms with Gasteiger partial charge in [0.25, 0.3) is 5.91 Å². The van der Waals surface area contributed by atoms with E-state index in [1.807, 2.05) is 0 Å². The number of thiophene rings is 1. The van der Waals surface area contributed by atoms with Crippen molar-refractivity contribution in [3.8, 4) is 10.4 Å². The normalized spacial score (nSPS) is 15.6. The minimum absolute atomic E-state index is 0.0551. The summed E-state index contributed by atoms with van der Waals surface area (Å²) in [6.45, 7) is 5.19. The van der Waals surface area contributed by atoms with Crippen LogP contribution in [0, 0.1) is 11.6 Å². The lowest BCUT2D eigenvalue weighted by molar-refractivity contribution is 0.00158. The highest BCUT2D eigenvalue weighted by Crippen LogP contribution is 2.40. The molecule has 1 aliphatic rings. The van der Waals surface area contributed by atoms with Gasteiger partial charge in [-0.05, 0) is 49.7 Å². The fourth-order valence-corrected chi connectivity index (χ4v) is 5.18. The summed E-state index contributed by atoms with van der Waals surface area (Å²) in [5, 5.41) is 23.4. The SMILES string of the molecule is CC(C)(O)c1cc(F)c(-c2cc(C(N)=O)c(Nc3cccc(C(CO)N4CCOCC4)n3)s2)c(F)c1. The van der Waals surface area contributed by atoms with E-state index in [0.717, 1.165) is 23.5 Å². The van der Waals surface area contributed by atoms with Crippen LogP contribution in [-0.4, -0.2) is 58.9 Å². The van der Waals surface area contributed by atoms with Crippen molar-refractivity contribution < 1.29 is 28.5 Å². The van der Waals surface area contributed by atoms with Gasteiger partial charge in [-0.2, -0.15) is 0 Å². The summed E-state index contributed by atoms with van der Waals surface area (Å²) >= 11 is 0.955. The van der Waals surface area contributed by atoms with Crippen molar-refractivity contribution in [2.75, 3.05) is 38.2 Å². The summed E-state index contributed by atoms with van der Waals surface area (Å²) in [7, 11) is 0. The Kier molecular flexibility index (Phi) is 7.67. The van der Waals surface area contributed by atoms with Crippen LogP contribution in [-0.2, 0) is 10.3 Å². The zero-order valence-electron chi connectivity index (χ0n) is 19.9. The molecular weight excluding hydrogens is 490 g/mol. The Morgan fingerprint density at radius 2 is 1.92 bits per heavy atom. The van der Waals surface area contributed by atoms with Crippen molar-refractivity contribution in [1.82, 2.24) is 9.88 Å². The highest BCUT2D eigenvalue weighted by atomic mass is 32.1. The number of primary amides is 1. The Labute approximate surface area is 211 Å². The third kappa shape index (κ3) is 5.55. The summed E-state index contributed by atoms with van der Waals surface area (Å²) in [5.74, 6) is -2.13. The zero-order valence-corrected chi connectivity index (χ0v) is 20.7. The fraction of sp³-hybridized carbons (Fsp3) is 0.360. The molecule has 2 aromatic heterocycles. The third-order valence-electron chi connectivity index (χ3n) is 6.01. The van der Waals surface area contributed by atoms with E-state index < -0.39 is 23.1 Å². The lowest BCUT2D eigenvalue weighted by Gasteiger charge is -2.33. The van der Waals surface area contributed by atoms with Crippen molar-refractivity contribution in [2.45, 2.75) is 25.5 Å². The van der Waals surface area contributed by atoms with Crippen LogP contribution in [0.25, 0.3) is 10.4 Å². The monoisotopic (exact) mass is 518 g/mol. The minimum Gasteiger partial charge on any atom is -0.394 e. The number of nitrogens with one attached hydrogen (secondary N) is 1. The first-order valence-electron chi connectivity index (χ1n) is 11.4. The summed E-state index contributed by atoms with van der Waals surface area (Å²) in [5.41, 5.74) is 4.57. The molecule has 3 aromatic rings. The van der Waals surface area contributed by atoms with Crippen LogP contribution in [0.15, 0.2) is 36.4 Å². The van der Waals surface area contributed by atoms with Gasteiger partial charge in [-0.25, -0.2) is 13.8 Å². The summed E-state index contributed by atoms with van der Waals surface area (Å²) in [4.78, 5) is 19.0. The van der Waals surface area contributed by atoms with E-state index >= 15 is 0 Å². The molecular formula is C25H28F2N4O4S. The number of hydrogen-bond acceptors (Lipinski definition) is 8. The van der Waals surface area contributed by atoms with Crippen LogP contribution >= 0.6 is 11.3 Å². The number of nitrogens with zero attached hydrogens (tertiary/aromatic N) is 2. The Morgan fingerprint density at radius 3 is 2.50 bits per heavy atom. The number of halogens is 2. The lowest BCUT2D eigenvalue weighted by atomic mass is 9.96. The number of pyridine rings is 1. The van der Waals surface area contributed by atoms with Crippen LogP contribution in [0.5, 0.6) is 0 Å². The largest absolute Gasteiger partial charge is 0.394 e.